The highest BCUT2D eigenvalue weighted by Gasteiger charge is 2.68. The molecule has 0 aliphatic carbocycles. The largest absolute Gasteiger partial charge is 0.468 e. The lowest BCUT2D eigenvalue weighted by Crippen LogP contribution is -2.51. The molecule has 3 aromatic carbocycles. The molecule has 2 aliphatic rings. The number of methoxy groups -OCH3 is 1. The molecule has 0 radical (unpaired) electrons. The number of anilines is 1. The van der Waals surface area contributed by atoms with Crippen LogP contribution in [-0.4, -0.2) is 30.9 Å². The molecule has 2 fully saturated rings. The van der Waals surface area contributed by atoms with Crippen LogP contribution in [0.25, 0.3) is 0 Å². The summed E-state index contributed by atoms with van der Waals surface area (Å²) in [5, 5.41) is 4.81. The van der Waals surface area contributed by atoms with Crippen LogP contribution in [0, 0.1) is 11.8 Å². The topological polar surface area (TPSA) is 75.7 Å². The summed E-state index contributed by atoms with van der Waals surface area (Å²) in [5.41, 5.74) is 0.491. The lowest BCUT2D eigenvalue weighted by atomic mass is 9.72. The number of benzene rings is 3. The fourth-order valence-electron chi connectivity index (χ4n) is 5.20. The zero-order valence-electron chi connectivity index (χ0n) is 18.4. The standard InChI is InChI=1S/C26H19Cl3N2O4/c1-35-25(34)22-20-21(24(33)31(23(20)32)19-12-10-18(29)11-13-19)26(30-22,14-2-6-16(27)7-3-14)15-4-8-17(28)9-5-15/h2-13,20-22,30H,1H3/t20-,21-,22-/m1/s1. The van der Waals surface area contributed by atoms with E-state index in [9.17, 15) is 14.4 Å². The van der Waals surface area contributed by atoms with E-state index in [1.54, 1.807) is 72.8 Å². The Labute approximate surface area is 216 Å². The van der Waals surface area contributed by atoms with Gasteiger partial charge in [-0.3, -0.25) is 19.7 Å². The van der Waals surface area contributed by atoms with Gasteiger partial charge in [0.05, 0.1) is 30.2 Å². The molecule has 9 heteroatoms. The maximum Gasteiger partial charge on any atom is 0.323 e. The van der Waals surface area contributed by atoms with E-state index in [1.165, 1.54) is 7.11 Å². The highest BCUT2D eigenvalue weighted by atomic mass is 35.5. The van der Waals surface area contributed by atoms with Gasteiger partial charge in [-0.2, -0.15) is 0 Å². The minimum absolute atomic E-state index is 0.378. The molecular formula is C26H19Cl3N2O4. The van der Waals surface area contributed by atoms with Crippen LogP contribution in [0.3, 0.4) is 0 Å². The van der Waals surface area contributed by atoms with Crippen molar-refractivity contribution in [2.45, 2.75) is 11.6 Å². The van der Waals surface area contributed by atoms with Gasteiger partial charge >= 0.3 is 5.97 Å². The van der Waals surface area contributed by atoms with Crippen LogP contribution in [0.1, 0.15) is 11.1 Å². The molecule has 35 heavy (non-hydrogen) atoms. The smallest absolute Gasteiger partial charge is 0.323 e. The fourth-order valence-corrected chi connectivity index (χ4v) is 5.58. The highest BCUT2D eigenvalue weighted by Crippen LogP contribution is 2.52. The zero-order chi connectivity index (χ0) is 24.9. The maximum atomic E-state index is 14.1. The maximum absolute atomic E-state index is 14.1. The van der Waals surface area contributed by atoms with Crippen LogP contribution < -0.4 is 10.2 Å². The van der Waals surface area contributed by atoms with E-state index in [2.05, 4.69) is 5.32 Å². The summed E-state index contributed by atoms with van der Waals surface area (Å²) in [5.74, 6) is -3.51. The Morgan fingerprint density at radius 3 is 1.71 bits per heavy atom. The molecule has 6 nitrogen and oxygen atoms in total. The van der Waals surface area contributed by atoms with Crippen molar-refractivity contribution in [3.05, 3.63) is 99.0 Å². The third-order valence-electron chi connectivity index (χ3n) is 6.70. The molecule has 0 aromatic heterocycles. The second-order valence-corrected chi connectivity index (χ2v) is 9.77. The van der Waals surface area contributed by atoms with E-state index in [4.69, 9.17) is 39.5 Å². The third kappa shape index (κ3) is 3.72. The number of nitrogens with zero attached hydrogens (tertiary/aromatic N) is 1. The first-order valence-electron chi connectivity index (χ1n) is 10.8. The summed E-state index contributed by atoms with van der Waals surface area (Å²) in [6.07, 6.45) is 0. The molecule has 0 bridgehead atoms. The van der Waals surface area contributed by atoms with Gasteiger partial charge in [0, 0.05) is 15.1 Å². The van der Waals surface area contributed by atoms with Crippen molar-refractivity contribution in [3.8, 4) is 0 Å². The number of nitrogens with one attached hydrogen (secondary N) is 1. The number of hydrogen-bond acceptors (Lipinski definition) is 5. The van der Waals surface area contributed by atoms with Crippen LogP contribution in [0.15, 0.2) is 72.8 Å². The van der Waals surface area contributed by atoms with Gasteiger partial charge in [-0.05, 0) is 59.7 Å². The minimum atomic E-state index is -1.23. The van der Waals surface area contributed by atoms with Crippen LogP contribution in [-0.2, 0) is 24.7 Å². The summed E-state index contributed by atoms with van der Waals surface area (Å²) in [6.45, 7) is 0. The molecule has 0 saturated carbocycles. The van der Waals surface area contributed by atoms with Gasteiger partial charge in [-0.25, -0.2) is 4.90 Å². The summed E-state index contributed by atoms with van der Waals surface area (Å²) in [4.78, 5) is 41.9. The number of imide groups is 1. The SMILES string of the molecule is COC(=O)[C@@H]1NC(c2ccc(Cl)cc2)(c2ccc(Cl)cc2)[C@H]2C(=O)N(c3ccc(Cl)cc3)C(=O)[C@@H]12. The molecule has 0 unspecified atom stereocenters. The molecule has 2 amide bonds. The van der Waals surface area contributed by atoms with Crippen LogP contribution >= 0.6 is 34.8 Å². The lowest BCUT2D eigenvalue weighted by Gasteiger charge is -2.36. The van der Waals surface area contributed by atoms with Gasteiger partial charge in [0.1, 0.15) is 6.04 Å². The number of fused-ring (bicyclic) bond motifs is 1. The van der Waals surface area contributed by atoms with Crippen LogP contribution in [0.4, 0.5) is 5.69 Å². The van der Waals surface area contributed by atoms with Crippen LogP contribution in [0.2, 0.25) is 15.1 Å². The first kappa shape index (κ1) is 23.8. The molecule has 1 N–H and O–H groups in total. The van der Waals surface area contributed by atoms with E-state index < -0.39 is 41.2 Å². The van der Waals surface area contributed by atoms with Crippen molar-refractivity contribution in [3.63, 3.8) is 0 Å². The lowest BCUT2D eigenvalue weighted by molar-refractivity contribution is -0.145. The number of esters is 1. The first-order valence-corrected chi connectivity index (χ1v) is 11.9. The van der Waals surface area contributed by atoms with E-state index in [0.717, 1.165) is 4.90 Å². The number of carbonyl (C=O) groups excluding carboxylic acids is 3. The number of hydrogen-bond donors (Lipinski definition) is 1. The second-order valence-electron chi connectivity index (χ2n) is 8.46. The average Bonchev–Trinajstić information content (AvgIpc) is 3.35. The molecule has 2 saturated heterocycles. The van der Waals surface area contributed by atoms with Crippen molar-refractivity contribution in [1.82, 2.24) is 5.32 Å². The van der Waals surface area contributed by atoms with E-state index >= 15 is 0 Å². The van der Waals surface area contributed by atoms with Gasteiger partial charge in [0.15, 0.2) is 0 Å². The second kappa shape index (κ2) is 8.95. The number of ether oxygens (including phenoxy) is 1. The highest BCUT2D eigenvalue weighted by molar-refractivity contribution is 6.31. The summed E-state index contributed by atoms with van der Waals surface area (Å²) < 4.78 is 5.04. The Balaban J connectivity index is 1.75. The van der Waals surface area contributed by atoms with E-state index in [0.29, 0.717) is 31.9 Å². The van der Waals surface area contributed by atoms with Crippen molar-refractivity contribution in [2.75, 3.05) is 12.0 Å². The monoisotopic (exact) mass is 528 g/mol. The Bertz CT molecular complexity index is 1260. The predicted molar refractivity (Wildman–Crippen MR) is 134 cm³/mol. The van der Waals surface area contributed by atoms with Crippen molar-refractivity contribution < 1.29 is 19.1 Å². The van der Waals surface area contributed by atoms with Crippen LogP contribution in [0.5, 0.6) is 0 Å². The third-order valence-corrected chi connectivity index (χ3v) is 7.45. The zero-order valence-corrected chi connectivity index (χ0v) is 20.6. The van der Waals surface area contributed by atoms with Gasteiger partial charge in [0.25, 0.3) is 0 Å². The minimum Gasteiger partial charge on any atom is -0.468 e. The molecule has 5 rings (SSSR count). The Kier molecular flexibility index (Phi) is 6.09. The van der Waals surface area contributed by atoms with Gasteiger partial charge in [0.2, 0.25) is 11.8 Å². The Morgan fingerprint density at radius 2 is 1.26 bits per heavy atom. The summed E-state index contributed by atoms with van der Waals surface area (Å²) >= 11 is 18.3. The Morgan fingerprint density at radius 1 is 0.800 bits per heavy atom. The number of halogens is 3. The van der Waals surface area contributed by atoms with Gasteiger partial charge in [-0.15, -0.1) is 0 Å². The molecule has 3 atom stereocenters. The molecule has 178 valence electrons. The number of amides is 2. The van der Waals surface area contributed by atoms with Gasteiger partial charge in [-0.1, -0.05) is 59.1 Å². The first-order chi connectivity index (χ1) is 16.8. The number of rotatable bonds is 4. The summed E-state index contributed by atoms with van der Waals surface area (Å²) in [7, 11) is 1.25. The average molecular weight is 530 g/mol. The molecule has 2 heterocycles. The molecular weight excluding hydrogens is 511 g/mol. The summed E-state index contributed by atoms with van der Waals surface area (Å²) in [6, 6.07) is 19.3. The fraction of sp³-hybridized carbons (Fsp3) is 0.192. The van der Waals surface area contributed by atoms with E-state index in [1.807, 2.05) is 0 Å². The normalized spacial score (nSPS) is 22.9. The quantitative estimate of drug-likeness (QED) is 0.387. The van der Waals surface area contributed by atoms with Crippen molar-refractivity contribution in [1.29, 1.82) is 0 Å². The predicted octanol–water partition coefficient (Wildman–Crippen LogP) is 4.84. The molecule has 2 aliphatic heterocycles. The van der Waals surface area contributed by atoms with E-state index in [-0.39, 0.29) is 0 Å². The molecule has 0 spiro atoms. The van der Waals surface area contributed by atoms with Gasteiger partial charge < -0.3 is 4.74 Å². The van der Waals surface area contributed by atoms with Crippen molar-refractivity contribution in [2.24, 2.45) is 11.8 Å². The van der Waals surface area contributed by atoms with Crippen molar-refractivity contribution >= 4 is 58.3 Å². The Hall–Kier alpha value is -2.90. The molecule has 3 aromatic rings. The number of carbonyl (C=O) groups is 3.